The quantitative estimate of drug-likeness (QED) is 0.593. The number of fused-ring (bicyclic) bond motifs is 2. The molecule has 2 fully saturated rings. The fourth-order valence-corrected chi connectivity index (χ4v) is 4.66. The second-order valence-corrected chi connectivity index (χ2v) is 8.16. The first-order chi connectivity index (χ1) is 15.3. The van der Waals surface area contributed by atoms with E-state index < -0.39 is 25.0 Å². The number of halogens is 5. The molecule has 0 bridgehead atoms. The lowest BCUT2D eigenvalue weighted by molar-refractivity contribution is -0.144. The molecule has 2 aliphatic rings. The zero-order valence-corrected chi connectivity index (χ0v) is 16.7. The number of nitrogens with one attached hydrogen (secondary N) is 1. The smallest absolute Gasteiger partial charge is 0.366 e. The van der Waals surface area contributed by atoms with Crippen molar-refractivity contribution in [3.63, 3.8) is 0 Å². The van der Waals surface area contributed by atoms with Crippen LogP contribution in [0.3, 0.4) is 0 Å². The van der Waals surface area contributed by atoms with Crippen LogP contribution in [0.1, 0.15) is 18.7 Å². The fourth-order valence-electron chi connectivity index (χ4n) is 4.66. The number of rotatable bonds is 5. The summed E-state index contributed by atoms with van der Waals surface area (Å²) in [5.74, 6) is 0.248. The summed E-state index contributed by atoms with van der Waals surface area (Å²) in [5, 5.41) is 7.23. The van der Waals surface area contributed by atoms with Crippen LogP contribution in [0.2, 0.25) is 0 Å². The van der Waals surface area contributed by atoms with E-state index in [2.05, 4.69) is 30.4 Å². The van der Waals surface area contributed by atoms with Crippen LogP contribution in [-0.4, -0.2) is 55.3 Å². The van der Waals surface area contributed by atoms with Crippen molar-refractivity contribution in [1.29, 1.82) is 0 Å². The topological polar surface area (TPSA) is 84.7 Å². The molecule has 32 heavy (non-hydrogen) atoms. The number of hydrogen-bond acceptors (Lipinski definition) is 7. The Labute approximate surface area is 178 Å². The normalized spacial score (nSPS) is 23.3. The van der Waals surface area contributed by atoms with E-state index in [4.69, 9.17) is 0 Å². The van der Waals surface area contributed by atoms with Gasteiger partial charge in [-0.05, 0) is 30.7 Å². The summed E-state index contributed by atoms with van der Waals surface area (Å²) in [7, 11) is 0. The molecule has 1 N–H and O–H groups in total. The third-order valence-corrected chi connectivity index (χ3v) is 5.98. The Morgan fingerprint density at radius 2 is 1.81 bits per heavy atom. The van der Waals surface area contributed by atoms with Crippen molar-refractivity contribution in [3.8, 4) is 0 Å². The van der Waals surface area contributed by atoms with E-state index in [0.29, 0.717) is 41.9 Å². The molecule has 3 atom stereocenters. The van der Waals surface area contributed by atoms with Gasteiger partial charge in [-0.15, -0.1) is 0 Å². The second-order valence-electron chi connectivity index (χ2n) is 8.16. The first kappa shape index (κ1) is 20.8. The molecule has 3 aromatic heterocycles. The Balaban J connectivity index is 1.23. The molecule has 0 amide bonds. The third-order valence-electron chi connectivity index (χ3n) is 5.98. The van der Waals surface area contributed by atoms with Crippen molar-refractivity contribution in [2.75, 3.05) is 23.3 Å². The molecule has 1 aliphatic heterocycles. The molecule has 0 aromatic carbocycles. The molecular formula is C19H19F5N8. The van der Waals surface area contributed by atoms with E-state index in [-0.39, 0.29) is 11.9 Å². The zero-order chi connectivity index (χ0) is 22.5. The summed E-state index contributed by atoms with van der Waals surface area (Å²) >= 11 is 0. The number of hydrogen-bond donors (Lipinski definition) is 1. The molecule has 8 nitrogen and oxygen atoms in total. The van der Waals surface area contributed by atoms with E-state index in [1.54, 1.807) is 6.20 Å². The Morgan fingerprint density at radius 1 is 1.06 bits per heavy atom. The highest BCUT2D eigenvalue weighted by Crippen LogP contribution is 2.40. The van der Waals surface area contributed by atoms with Gasteiger partial charge < -0.3 is 10.2 Å². The number of anilines is 2. The van der Waals surface area contributed by atoms with E-state index >= 15 is 0 Å². The largest absolute Gasteiger partial charge is 0.451 e. The van der Waals surface area contributed by atoms with Gasteiger partial charge in [-0.25, -0.2) is 33.4 Å². The maximum atomic E-state index is 12.9. The summed E-state index contributed by atoms with van der Waals surface area (Å²) in [6.45, 7) is 0.677. The lowest BCUT2D eigenvalue weighted by atomic mass is 10.0. The van der Waals surface area contributed by atoms with Gasteiger partial charge >= 0.3 is 6.18 Å². The van der Waals surface area contributed by atoms with Gasteiger partial charge in [0.25, 0.3) is 6.43 Å². The summed E-state index contributed by atoms with van der Waals surface area (Å²) in [6, 6.07) is 1.61. The zero-order valence-electron chi connectivity index (χ0n) is 16.7. The molecule has 4 heterocycles. The van der Waals surface area contributed by atoms with Crippen LogP contribution >= 0.6 is 0 Å². The van der Waals surface area contributed by atoms with Crippen molar-refractivity contribution >= 4 is 22.8 Å². The monoisotopic (exact) mass is 454 g/mol. The molecule has 5 rings (SSSR count). The predicted molar refractivity (Wildman–Crippen MR) is 104 cm³/mol. The highest BCUT2D eigenvalue weighted by atomic mass is 19.4. The van der Waals surface area contributed by atoms with Gasteiger partial charge in [0.05, 0.1) is 12.4 Å². The summed E-state index contributed by atoms with van der Waals surface area (Å²) in [5.41, 5.74) is 0.738. The molecule has 13 heteroatoms. The van der Waals surface area contributed by atoms with Gasteiger partial charge in [-0.2, -0.15) is 18.3 Å². The van der Waals surface area contributed by atoms with Crippen LogP contribution in [-0.2, 0) is 12.7 Å². The van der Waals surface area contributed by atoms with Crippen LogP contribution in [0.25, 0.3) is 11.2 Å². The Kier molecular flexibility index (Phi) is 5.05. The highest BCUT2D eigenvalue weighted by Gasteiger charge is 2.42. The predicted octanol–water partition coefficient (Wildman–Crippen LogP) is 3.23. The van der Waals surface area contributed by atoms with Gasteiger partial charge in [0.15, 0.2) is 5.65 Å². The van der Waals surface area contributed by atoms with Crippen LogP contribution in [0, 0.1) is 11.8 Å². The van der Waals surface area contributed by atoms with Crippen molar-refractivity contribution in [1.82, 2.24) is 29.7 Å². The van der Waals surface area contributed by atoms with E-state index in [1.807, 2.05) is 4.90 Å². The molecule has 0 unspecified atom stereocenters. The maximum absolute atomic E-state index is 12.9. The minimum Gasteiger partial charge on any atom is -0.366 e. The molecule has 1 saturated heterocycles. The van der Waals surface area contributed by atoms with Gasteiger partial charge in [0.1, 0.15) is 23.7 Å². The van der Waals surface area contributed by atoms with E-state index in [9.17, 15) is 22.0 Å². The minimum atomic E-state index is -4.58. The summed E-state index contributed by atoms with van der Waals surface area (Å²) in [4.78, 5) is 17.5. The van der Waals surface area contributed by atoms with Crippen molar-refractivity contribution in [2.24, 2.45) is 11.8 Å². The molecule has 1 saturated carbocycles. The van der Waals surface area contributed by atoms with Crippen LogP contribution in [0.15, 0.2) is 24.7 Å². The fraction of sp³-hybridized carbons (Fsp3) is 0.526. The SMILES string of the molecule is FC(F)Cn1ncc2ncc(N[C@H]3C[C@@H]4CN(c5ccnc(C(F)(F)F)n5)C[C@@H]4C3)nc21. The molecule has 0 spiro atoms. The van der Waals surface area contributed by atoms with Gasteiger partial charge in [0.2, 0.25) is 5.82 Å². The average molecular weight is 454 g/mol. The highest BCUT2D eigenvalue weighted by molar-refractivity contribution is 5.71. The third kappa shape index (κ3) is 4.02. The van der Waals surface area contributed by atoms with Crippen LogP contribution in [0.4, 0.5) is 33.6 Å². The van der Waals surface area contributed by atoms with E-state index in [1.165, 1.54) is 12.3 Å². The Morgan fingerprint density at radius 3 is 2.50 bits per heavy atom. The first-order valence-electron chi connectivity index (χ1n) is 10.1. The maximum Gasteiger partial charge on any atom is 0.451 e. The average Bonchev–Trinajstić information content (AvgIpc) is 3.41. The summed E-state index contributed by atoms with van der Waals surface area (Å²) < 4.78 is 65.3. The van der Waals surface area contributed by atoms with Crippen molar-refractivity contribution in [2.45, 2.75) is 38.0 Å². The molecule has 0 radical (unpaired) electrons. The molecular weight excluding hydrogens is 435 g/mol. The lowest BCUT2D eigenvalue weighted by Gasteiger charge is -2.21. The summed E-state index contributed by atoms with van der Waals surface area (Å²) in [6.07, 6.45) is -1.40. The second kappa shape index (κ2) is 7.78. The number of aromatic nitrogens is 6. The van der Waals surface area contributed by atoms with Gasteiger partial charge in [0, 0.05) is 25.3 Å². The lowest BCUT2D eigenvalue weighted by Crippen LogP contribution is -2.26. The van der Waals surface area contributed by atoms with Gasteiger partial charge in [-0.1, -0.05) is 0 Å². The Hall–Kier alpha value is -3.12. The minimum absolute atomic E-state index is 0.113. The number of alkyl halides is 5. The standard InChI is InChI=1S/C19H19F5N8/c20-14(21)9-32-17-13(5-27-32)26-6-15(29-17)28-12-3-10-7-31(8-11(10)4-12)16-1-2-25-18(30-16)19(22,23)24/h1-2,5-6,10-12,14H,3-4,7-9H2,(H,28,29)/t10-,11+,12+. The van der Waals surface area contributed by atoms with Crippen molar-refractivity contribution in [3.05, 3.63) is 30.5 Å². The molecule has 1 aliphatic carbocycles. The molecule has 3 aromatic rings. The van der Waals surface area contributed by atoms with E-state index in [0.717, 1.165) is 23.7 Å². The van der Waals surface area contributed by atoms with Crippen LogP contribution < -0.4 is 10.2 Å². The molecule has 170 valence electrons. The van der Waals surface area contributed by atoms with Crippen molar-refractivity contribution < 1.29 is 22.0 Å². The first-order valence-corrected chi connectivity index (χ1v) is 10.1. The van der Waals surface area contributed by atoms with Crippen LogP contribution in [0.5, 0.6) is 0 Å². The van der Waals surface area contributed by atoms with Gasteiger partial charge in [-0.3, -0.25) is 0 Å². The number of nitrogens with zero attached hydrogens (tertiary/aromatic N) is 7. The Bertz CT molecular complexity index is 1100.